The van der Waals surface area contributed by atoms with Crippen LogP contribution in [0.3, 0.4) is 0 Å². The number of para-hydroxylation sites is 1. The Morgan fingerprint density at radius 1 is 1.15 bits per heavy atom. The number of ether oxygens (including phenoxy) is 2. The minimum Gasteiger partial charge on any atom is -0.491 e. The Balaban J connectivity index is 1.79. The molecule has 0 saturated carbocycles. The third kappa shape index (κ3) is 6.47. The van der Waals surface area contributed by atoms with Gasteiger partial charge in [-0.05, 0) is 36.8 Å². The van der Waals surface area contributed by atoms with Crippen molar-refractivity contribution in [2.75, 3.05) is 51.0 Å². The van der Waals surface area contributed by atoms with Crippen LogP contribution in [-0.2, 0) is 20.9 Å². The molecular formula is C24H28ClN3O6. The van der Waals surface area contributed by atoms with E-state index >= 15 is 0 Å². The Labute approximate surface area is 203 Å². The first-order valence-corrected chi connectivity index (χ1v) is 11.4. The van der Waals surface area contributed by atoms with Gasteiger partial charge in [0.15, 0.2) is 0 Å². The van der Waals surface area contributed by atoms with Crippen LogP contribution in [-0.4, -0.2) is 73.8 Å². The van der Waals surface area contributed by atoms with Gasteiger partial charge < -0.3 is 24.8 Å². The Morgan fingerprint density at radius 3 is 2.68 bits per heavy atom. The quantitative estimate of drug-likeness (QED) is 0.493. The number of carbonyl (C=O) groups excluding carboxylic acids is 3. The van der Waals surface area contributed by atoms with E-state index in [1.807, 2.05) is 19.1 Å². The monoisotopic (exact) mass is 489 g/mol. The molecule has 9 nitrogen and oxygen atoms in total. The summed E-state index contributed by atoms with van der Waals surface area (Å²) in [6.45, 7) is 2.97. The van der Waals surface area contributed by atoms with Crippen molar-refractivity contribution in [3.63, 3.8) is 0 Å². The van der Waals surface area contributed by atoms with Gasteiger partial charge in [-0.2, -0.15) is 0 Å². The third-order valence-electron chi connectivity index (χ3n) is 5.17. The van der Waals surface area contributed by atoms with Gasteiger partial charge in [0.2, 0.25) is 11.8 Å². The molecule has 2 N–H and O–H groups in total. The first-order chi connectivity index (χ1) is 16.4. The largest absolute Gasteiger partial charge is 0.491 e. The van der Waals surface area contributed by atoms with Gasteiger partial charge in [0, 0.05) is 25.4 Å². The lowest BCUT2D eigenvalue weighted by molar-refractivity contribution is -0.135. The molecule has 182 valence electrons. The molecule has 34 heavy (non-hydrogen) atoms. The van der Waals surface area contributed by atoms with E-state index in [1.54, 1.807) is 18.2 Å². The number of nitrogens with one attached hydrogen (secondary N) is 1. The standard InChI is InChI=1S/C24H28ClN3O6/c1-2-33-11-9-26-22(30)15-27-14-17-5-3-4-6-21(17)28(16-23(27)31)24(32)19-8-7-18(13-20(19)25)34-12-10-29/h3-8,13,29H,2,9-12,14-16H2,1H3,(H,26,30). The van der Waals surface area contributed by atoms with E-state index in [4.69, 9.17) is 26.2 Å². The molecule has 2 aromatic carbocycles. The van der Waals surface area contributed by atoms with Crippen molar-refractivity contribution in [2.24, 2.45) is 0 Å². The predicted molar refractivity (Wildman–Crippen MR) is 127 cm³/mol. The molecule has 0 atom stereocenters. The fourth-order valence-electron chi connectivity index (χ4n) is 3.55. The summed E-state index contributed by atoms with van der Waals surface area (Å²) in [5.41, 5.74) is 1.53. The highest BCUT2D eigenvalue weighted by atomic mass is 35.5. The van der Waals surface area contributed by atoms with Gasteiger partial charge in [0.25, 0.3) is 5.91 Å². The lowest BCUT2D eigenvalue weighted by atomic mass is 10.1. The van der Waals surface area contributed by atoms with Crippen molar-refractivity contribution in [2.45, 2.75) is 13.5 Å². The number of aliphatic hydroxyl groups is 1. The molecule has 0 radical (unpaired) electrons. The number of fused-ring (bicyclic) bond motifs is 1. The minimum atomic E-state index is -0.442. The van der Waals surface area contributed by atoms with Crippen LogP contribution in [0.2, 0.25) is 5.02 Å². The number of hydrogen-bond acceptors (Lipinski definition) is 6. The van der Waals surface area contributed by atoms with Gasteiger partial charge in [0.1, 0.15) is 18.9 Å². The van der Waals surface area contributed by atoms with Crippen LogP contribution >= 0.6 is 11.6 Å². The number of halogens is 1. The van der Waals surface area contributed by atoms with Crippen LogP contribution in [0.5, 0.6) is 5.75 Å². The van der Waals surface area contributed by atoms with Gasteiger partial charge in [-0.3, -0.25) is 19.3 Å². The fraction of sp³-hybridized carbons (Fsp3) is 0.375. The zero-order valence-electron chi connectivity index (χ0n) is 19.0. The lowest BCUT2D eigenvalue weighted by Crippen LogP contribution is -2.44. The number of anilines is 1. The first-order valence-electron chi connectivity index (χ1n) is 11.0. The summed E-state index contributed by atoms with van der Waals surface area (Å²) < 4.78 is 10.5. The molecular weight excluding hydrogens is 462 g/mol. The molecule has 0 saturated heterocycles. The molecule has 10 heteroatoms. The van der Waals surface area contributed by atoms with E-state index in [1.165, 1.54) is 21.9 Å². The highest BCUT2D eigenvalue weighted by molar-refractivity contribution is 6.34. The molecule has 0 aromatic heterocycles. The fourth-order valence-corrected chi connectivity index (χ4v) is 3.80. The van der Waals surface area contributed by atoms with Gasteiger partial charge >= 0.3 is 0 Å². The maximum atomic E-state index is 13.4. The summed E-state index contributed by atoms with van der Waals surface area (Å²) in [7, 11) is 0. The highest BCUT2D eigenvalue weighted by Gasteiger charge is 2.31. The maximum absolute atomic E-state index is 13.4. The number of benzene rings is 2. The van der Waals surface area contributed by atoms with Crippen molar-refractivity contribution >= 4 is 35.0 Å². The smallest absolute Gasteiger partial charge is 0.260 e. The zero-order chi connectivity index (χ0) is 24.5. The SMILES string of the molecule is CCOCCNC(=O)CN1Cc2ccccc2N(C(=O)c2ccc(OCCO)cc2Cl)CC1=O. The van der Waals surface area contributed by atoms with Crippen LogP contribution in [0.25, 0.3) is 0 Å². The minimum absolute atomic E-state index is 0.104. The average Bonchev–Trinajstić information content (AvgIpc) is 2.96. The Bertz CT molecular complexity index is 1030. The van der Waals surface area contributed by atoms with Gasteiger partial charge in [-0.1, -0.05) is 29.8 Å². The summed E-state index contributed by atoms with van der Waals surface area (Å²) >= 11 is 6.35. The average molecular weight is 490 g/mol. The molecule has 3 amide bonds. The van der Waals surface area contributed by atoms with Crippen LogP contribution in [0, 0.1) is 0 Å². The van der Waals surface area contributed by atoms with Crippen molar-refractivity contribution < 1.29 is 29.0 Å². The summed E-state index contributed by atoms with van der Waals surface area (Å²) in [5.74, 6) is -0.678. The molecule has 3 rings (SSSR count). The number of hydrogen-bond donors (Lipinski definition) is 2. The van der Waals surface area contributed by atoms with Crippen molar-refractivity contribution in [3.05, 3.63) is 58.6 Å². The molecule has 0 spiro atoms. The maximum Gasteiger partial charge on any atom is 0.260 e. The van der Waals surface area contributed by atoms with Gasteiger partial charge in [-0.25, -0.2) is 0 Å². The number of amides is 3. The van der Waals surface area contributed by atoms with Crippen LogP contribution in [0.4, 0.5) is 5.69 Å². The second-order valence-corrected chi connectivity index (χ2v) is 7.94. The van der Waals surface area contributed by atoms with E-state index in [9.17, 15) is 14.4 Å². The molecule has 0 fully saturated rings. The second kappa shape index (κ2) is 12.4. The van der Waals surface area contributed by atoms with Crippen molar-refractivity contribution in [1.82, 2.24) is 10.2 Å². The molecule has 0 aliphatic carbocycles. The summed E-state index contributed by atoms with van der Waals surface area (Å²) in [4.78, 5) is 41.6. The highest BCUT2D eigenvalue weighted by Crippen LogP contribution is 2.30. The summed E-state index contributed by atoms with van der Waals surface area (Å²) in [6, 6.07) is 11.8. The van der Waals surface area contributed by atoms with Gasteiger partial charge in [-0.15, -0.1) is 0 Å². The van der Waals surface area contributed by atoms with E-state index in [0.29, 0.717) is 31.2 Å². The zero-order valence-corrected chi connectivity index (χ0v) is 19.7. The Morgan fingerprint density at radius 2 is 1.94 bits per heavy atom. The summed E-state index contributed by atoms with van der Waals surface area (Å²) in [5, 5.41) is 11.8. The Hall–Kier alpha value is -3.14. The van der Waals surface area contributed by atoms with E-state index in [0.717, 1.165) is 5.56 Å². The topological polar surface area (TPSA) is 108 Å². The lowest BCUT2D eigenvalue weighted by Gasteiger charge is -2.23. The molecule has 0 bridgehead atoms. The molecule has 1 aliphatic rings. The number of nitrogens with zero attached hydrogens (tertiary/aromatic N) is 2. The predicted octanol–water partition coefficient (Wildman–Crippen LogP) is 1.85. The van der Waals surface area contributed by atoms with E-state index < -0.39 is 5.91 Å². The molecule has 2 aromatic rings. The number of aliphatic hydroxyl groups excluding tert-OH is 1. The van der Waals surface area contributed by atoms with Crippen LogP contribution in [0.15, 0.2) is 42.5 Å². The van der Waals surface area contributed by atoms with Crippen molar-refractivity contribution in [3.8, 4) is 5.75 Å². The molecule has 1 heterocycles. The van der Waals surface area contributed by atoms with Gasteiger partial charge in [0.05, 0.1) is 30.3 Å². The van der Waals surface area contributed by atoms with E-state index in [-0.39, 0.29) is 55.2 Å². The van der Waals surface area contributed by atoms with Crippen LogP contribution < -0.4 is 15.0 Å². The normalized spacial score (nSPS) is 13.3. The first kappa shape index (κ1) is 25.5. The van der Waals surface area contributed by atoms with Crippen molar-refractivity contribution in [1.29, 1.82) is 0 Å². The van der Waals surface area contributed by atoms with E-state index in [2.05, 4.69) is 5.32 Å². The molecule has 0 unspecified atom stereocenters. The van der Waals surface area contributed by atoms with Crippen LogP contribution in [0.1, 0.15) is 22.8 Å². The number of carbonyl (C=O) groups is 3. The summed E-state index contributed by atoms with van der Waals surface area (Å²) in [6.07, 6.45) is 0. The second-order valence-electron chi connectivity index (χ2n) is 7.53. The number of rotatable bonds is 10. The third-order valence-corrected chi connectivity index (χ3v) is 5.49. The molecule has 1 aliphatic heterocycles. The Kier molecular flexibility index (Phi) is 9.26.